The maximum absolute atomic E-state index is 12.3. The molecular formula is C18H16N2O2. The zero-order chi connectivity index (χ0) is 15.4. The Kier molecular flexibility index (Phi) is 4.01. The van der Waals surface area contributed by atoms with E-state index >= 15 is 0 Å². The fourth-order valence-electron chi connectivity index (χ4n) is 2.30. The number of aromatic nitrogens is 1. The van der Waals surface area contributed by atoms with Crippen LogP contribution in [-0.2, 0) is 6.54 Å². The van der Waals surface area contributed by atoms with Gasteiger partial charge >= 0.3 is 0 Å². The molecule has 0 atom stereocenters. The van der Waals surface area contributed by atoms with E-state index in [1.54, 1.807) is 0 Å². The molecule has 0 saturated heterocycles. The number of amides is 1. The highest BCUT2D eigenvalue weighted by molar-refractivity contribution is 5.99. The number of aryl methyl sites for hydroxylation is 1. The fraction of sp³-hybridized carbons (Fsp3) is 0.111. The number of benzene rings is 2. The molecule has 0 bridgehead atoms. The molecule has 4 heteroatoms. The van der Waals surface area contributed by atoms with E-state index in [0.29, 0.717) is 17.9 Å². The van der Waals surface area contributed by atoms with E-state index in [1.807, 2.05) is 61.5 Å². The van der Waals surface area contributed by atoms with Gasteiger partial charge in [-0.3, -0.25) is 4.79 Å². The van der Waals surface area contributed by atoms with E-state index in [9.17, 15) is 4.79 Å². The van der Waals surface area contributed by atoms with E-state index in [2.05, 4.69) is 10.5 Å². The van der Waals surface area contributed by atoms with Crippen molar-refractivity contribution in [1.29, 1.82) is 0 Å². The second kappa shape index (κ2) is 6.26. The molecule has 2 aromatic carbocycles. The number of carbonyl (C=O) groups is 1. The van der Waals surface area contributed by atoms with Crippen LogP contribution in [0.2, 0.25) is 0 Å². The number of nitrogens with zero attached hydrogens (tertiary/aromatic N) is 1. The van der Waals surface area contributed by atoms with Crippen molar-refractivity contribution < 1.29 is 9.32 Å². The van der Waals surface area contributed by atoms with Crippen molar-refractivity contribution in [2.45, 2.75) is 13.5 Å². The molecule has 3 rings (SSSR count). The summed E-state index contributed by atoms with van der Waals surface area (Å²) in [4.78, 5) is 12.3. The van der Waals surface area contributed by atoms with Gasteiger partial charge in [0.15, 0.2) is 5.76 Å². The predicted molar refractivity (Wildman–Crippen MR) is 84.3 cm³/mol. The van der Waals surface area contributed by atoms with Gasteiger partial charge in [-0.05, 0) is 12.5 Å². The van der Waals surface area contributed by atoms with Crippen molar-refractivity contribution in [3.8, 4) is 11.3 Å². The lowest BCUT2D eigenvalue weighted by atomic mass is 10.1. The minimum absolute atomic E-state index is 0.193. The third-order valence-electron chi connectivity index (χ3n) is 3.39. The van der Waals surface area contributed by atoms with Gasteiger partial charge in [-0.25, -0.2) is 0 Å². The Bertz CT molecular complexity index is 779. The zero-order valence-corrected chi connectivity index (χ0v) is 12.2. The Hall–Kier alpha value is -2.88. The normalized spacial score (nSPS) is 10.4. The van der Waals surface area contributed by atoms with Gasteiger partial charge < -0.3 is 9.84 Å². The molecule has 1 heterocycles. The van der Waals surface area contributed by atoms with E-state index in [-0.39, 0.29) is 5.91 Å². The number of rotatable bonds is 4. The first-order chi connectivity index (χ1) is 10.7. The molecule has 0 radical (unpaired) electrons. The Balaban J connectivity index is 1.75. The molecule has 1 aromatic heterocycles. The molecule has 0 aliphatic carbocycles. The standard InChI is InChI=1S/C18H16N2O2/c1-13-6-5-7-14(10-13)11-19-18(21)16-12-20-22-17(16)15-8-3-2-4-9-15/h2-10,12H,11H2,1H3,(H,19,21). The van der Waals surface area contributed by atoms with E-state index in [1.165, 1.54) is 11.8 Å². The molecule has 0 aliphatic rings. The van der Waals surface area contributed by atoms with Crippen molar-refractivity contribution in [2.24, 2.45) is 0 Å². The molecule has 22 heavy (non-hydrogen) atoms. The Morgan fingerprint density at radius 3 is 2.73 bits per heavy atom. The minimum atomic E-state index is -0.193. The van der Waals surface area contributed by atoms with Crippen molar-refractivity contribution in [1.82, 2.24) is 10.5 Å². The molecule has 0 aliphatic heterocycles. The summed E-state index contributed by atoms with van der Waals surface area (Å²) in [6.45, 7) is 2.50. The number of hydrogen-bond acceptors (Lipinski definition) is 3. The summed E-state index contributed by atoms with van der Waals surface area (Å²) in [6.07, 6.45) is 1.45. The van der Waals surface area contributed by atoms with Crippen molar-refractivity contribution in [3.63, 3.8) is 0 Å². The topological polar surface area (TPSA) is 55.1 Å². The van der Waals surface area contributed by atoms with Gasteiger partial charge in [-0.15, -0.1) is 0 Å². The van der Waals surface area contributed by atoms with Crippen LogP contribution in [0, 0.1) is 6.92 Å². The summed E-state index contributed by atoms with van der Waals surface area (Å²) in [5.41, 5.74) is 3.51. The van der Waals surface area contributed by atoms with Crippen LogP contribution in [0.1, 0.15) is 21.5 Å². The Morgan fingerprint density at radius 1 is 1.14 bits per heavy atom. The molecule has 0 fully saturated rings. The Morgan fingerprint density at radius 2 is 1.95 bits per heavy atom. The second-order valence-electron chi connectivity index (χ2n) is 5.11. The third-order valence-corrected chi connectivity index (χ3v) is 3.39. The van der Waals surface area contributed by atoms with Crippen LogP contribution in [0.25, 0.3) is 11.3 Å². The van der Waals surface area contributed by atoms with Gasteiger partial charge in [-0.2, -0.15) is 0 Å². The van der Waals surface area contributed by atoms with E-state index < -0.39 is 0 Å². The molecule has 0 saturated carbocycles. The monoisotopic (exact) mass is 292 g/mol. The SMILES string of the molecule is Cc1cccc(CNC(=O)c2cnoc2-c2ccccc2)c1. The van der Waals surface area contributed by atoms with Crippen LogP contribution in [0.3, 0.4) is 0 Å². The van der Waals surface area contributed by atoms with Crippen molar-refractivity contribution in [3.05, 3.63) is 77.5 Å². The molecule has 1 N–H and O–H groups in total. The Labute approximate surface area is 128 Å². The summed E-state index contributed by atoms with van der Waals surface area (Å²) in [5.74, 6) is 0.295. The number of hydrogen-bond donors (Lipinski definition) is 1. The molecule has 4 nitrogen and oxygen atoms in total. The summed E-state index contributed by atoms with van der Waals surface area (Å²) in [5, 5.41) is 6.65. The fourth-order valence-corrected chi connectivity index (χ4v) is 2.30. The van der Waals surface area contributed by atoms with Gasteiger partial charge in [0.1, 0.15) is 5.56 Å². The van der Waals surface area contributed by atoms with Crippen LogP contribution in [0.15, 0.2) is 65.3 Å². The third kappa shape index (κ3) is 3.06. The van der Waals surface area contributed by atoms with Gasteiger partial charge in [0, 0.05) is 12.1 Å². The first kappa shape index (κ1) is 14.1. The average molecular weight is 292 g/mol. The molecule has 0 unspecified atom stereocenters. The highest BCUT2D eigenvalue weighted by atomic mass is 16.5. The van der Waals surface area contributed by atoms with Crippen molar-refractivity contribution in [2.75, 3.05) is 0 Å². The molecule has 0 spiro atoms. The van der Waals surface area contributed by atoms with Crippen molar-refractivity contribution >= 4 is 5.91 Å². The highest BCUT2D eigenvalue weighted by Gasteiger charge is 2.17. The summed E-state index contributed by atoms with van der Waals surface area (Å²) in [7, 11) is 0. The lowest BCUT2D eigenvalue weighted by Crippen LogP contribution is -2.22. The number of nitrogens with one attached hydrogen (secondary N) is 1. The van der Waals surface area contributed by atoms with E-state index in [4.69, 9.17) is 4.52 Å². The lowest BCUT2D eigenvalue weighted by molar-refractivity contribution is 0.0951. The molecular weight excluding hydrogens is 276 g/mol. The summed E-state index contributed by atoms with van der Waals surface area (Å²) in [6, 6.07) is 17.5. The first-order valence-corrected chi connectivity index (χ1v) is 7.08. The van der Waals surface area contributed by atoms with Crippen LogP contribution < -0.4 is 5.32 Å². The molecule has 110 valence electrons. The lowest BCUT2D eigenvalue weighted by Gasteiger charge is -2.06. The highest BCUT2D eigenvalue weighted by Crippen LogP contribution is 2.23. The minimum Gasteiger partial charge on any atom is -0.355 e. The molecule has 3 aromatic rings. The first-order valence-electron chi connectivity index (χ1n) is 7.08. The van der Waals surface area contributed by atoms with Crippen LogP contribution in [0.4, 0.5) is 0 Å². The van der Waals surface area contributed by atoms with Crippen LogP contribution in [-0.4, -0.2) is 11.1 Å². The second-order valence-corrected chi connectivity index (χ2v) is 5.11. The predicted octanol–water partition coefficient (Wildman–Crippen LogP) is 3.58. The van der Waals surface area contributed by atoms with Gasteiger partial charge in [-0.1, -0.05) is 65.3 Å². The maximum atomic E-state index is 12.3. The van der Waals surface area contributed by atoms with Gasteiger partial charge in [0.2, 0.25) is 0 Å². The smallest absolute Gasteiger partial charge is 0.257 e. The summed E-state index contributed by atoms with van der Waals surface area (Å²) < 4.78 is 5.23. The maximum Gasteiger partial charge on any atom is 0.257 e. The van der Waals surface area contributed by atoms with E-state index in [0.717, 1.165) is 11.1 Å². The van der Waals surface area contributed by atoms with Gasteiger partial charge in [0.25, 0.3) is 5.91 Å². The largest absolute Gasteiger partial charge is 0.355 e. The average Bonchev–Trinajstić information content (AvgIpc) is 3.03. The summed E-state index contributed by atoms with van der Waals surface area (Å²) >= 11 is 0. The quantitative estimate of drug-likeness (QED) is 0.799. The number of carbonyl (C=O) groups excluding carboxylic acids is 1. The van der Waals surface area contributed by atoms with Gasteiger partial charge in [0.05, 0.1) is 6.20 Å². The van der Waals surface area contributed by atoms with Crippen LogP contribution in [0.5, 0.6) is 0 Å². The molecule has 1 amide bonds. The zero-order valence-electron chi connectivity index (χ0n) is 12.2. The van der Waals surface area contributed by atoms with Crippen LogP contribution >= 0.6 is 0 Å².